The van der Waals surface area contributed by atoms with Crippen LogP contribution >= 0.6 is 0 Å². The molecule has 3 rings (SSSR count). The number of benzene rings is 2. The molecule has 1 aliphatic heterocycles. The topological polar surface area (TPSA) is 137 Å². The minimum Gasteiger partial charge on any atom is -0.497 e. The Bertz CT molecular complexity index is 1060. The molecular weight excluding hydrogens is 422 g/mol. The van der Waals surface area contributed by atoms with E-state index in [0.29, 0.717) is 17.2 Å². The summed E-state index contributed by atoms with van der Waals surface area (Å²) in [4.78, 5) is 48.9. The molecule has 1 heterocycles. The fraction of sp³-hybridized carbons (Fsp3) is 0.286. The maximum Gasteiger partial charge on any atom is 0.311 e. The second kappa shape index (κ2) is 9.77. The van der Waals surface area contributed by atoms with Crippen molar-refractivity contribution in [3.05, 3.63) is 52.6 Å². The van der Waals surface area contributed by atoms with E-state index < -0.39 is 29.3 Å². The highest BCUT2D eigenvalue weighted by atomic mass is 16.6. The quantitative estimate of drug-likeness (QED) is 0.372. The van der Waals surface area contributed by atoms with E-state index in [2.05, 4.69) is 5.32 Å². The highest BCUT2D eigenvalue weighted by molar-refractivity contribution is 6.01. The first kappa shape index (κ1) is 22.5. The summed E-state index contributed by atoms with van der Waals surface area (Å²) >= 11 is 0. The molecule has 1 atom stereocenters. The molecule has 0 saturated carbocycles. The standard InChI is InChI=1S/C21H21N3O8/c1-30-14-7-8-16(24(28)29)15(10-14)22-19(25)12-32-21(27)13-9-20(26)23(11-13)17-5-3-4-6-18(17)31-2/h3-8,10,13H,9,11-12H2,1-2H3,(H,22,25)/t13-/m1/s1. The molecule has 32 heavy (non-hydrogen) atoms. The maximum absolute atomic E-state index is 12.4. The van der Waals surface area contributed by atoms with Crippen molar-refractivity contribution in [1.82, 2.24) is 0 Å². The average molecular weight is 443 g/mol. The van der Waals surface area contributed by atoms with Gasteiger partial charge in [0.05, 0.1) is 30.7 Å². The van der Waals surface area contributed by atoms with Crippen molar-refractivity contribution in [2.24, 2.45) is 5.92 Å². The third-order valence-electron chi connectivity index (χ3n) is 4.85. The molecule has 2 aromatic carbocycles. The molecule has 0 spiro atoms. The van der Waals surface area contributed by atoms with Gasteiger partial charge in [0.2, 0.25) is 5.91 Å². The zero-order valence-corrected chi connectivity index (χ0v) is 17.4. The summed E-state index contributed by atoms with van der Waals surface area (Å²) < 4.78 is 15.3. The van der Waals surface area contributed by atoms with Crippen LogP contribution in [-0.4, -0.2) is 50.1 Å². The van der Waals surface area contributed by atoms with Crippen molar-refractivity contribution >= 4 is 34.8 Å². The van der Waals surface area contributed by atoms with Gasteiger partial charge in [-0.25, -0.2) is 0 Å². The largest absolute Gasteiger partial charge is 0.497 e. The molecule has 0 aliphatic carbocycles. The van der Waals surface area contributed by atoms with Crippen molar-refractivity contribution in [1.29, 1.82) is 0 Å². The summed E-state index contributed by atoms with van der Waals surface area (Å²) in [6.45, 7) is -0.576. The van der Waals surface area contributed by atoms with Crippen LogP contribution in [0, 0.1) is 16.0 Å². The lowest BCUT2D eigenvalue weighted by Crippen LogP contribution is -2.28. The summed E-state index contributed by atoms with van der Waals surface area (Å²) in [6, 6.07) is 10.8. The Morgan fingerprint density at radius 2 is 1.94 bits per heavy atom. The summed E-state index contributed by atoms with van der Waals surface area (Å²) in [5.74, 6) is -1.70. The number of rotatable bonds is 8. The van der Waals surface area contributed by atoms with Gasteiger partial charge in [0.15, 0.2) is 6.61 Å². The Hall–Kier alpha value is -4.15. The van der Waals surface area contributed by atoms with Crippen molar-refractivity contribution in [2.75, 3.05) is 37.6 Å². The second-order valence-corrected chi connectivity index (χ2v) is 6.87. The van der Waals surface area contributed by atoms with Crippen LogP contribution in [0.15, 0.2) is 42.5 Å². The van der Waals surface area contributed by atoms with E-state index in [-0.39, 0.29) is 30.2 Å². The van der Waals surface area contributed by atoms with E-state index in [1.54, 1.807) is 24.3 Å². The Labute approximate surface area is 183 Å². The molecule has 0 radical (unpaired) electrons. The molecule has 2 amide bonds. The molecule has 1 saturated heterocycles. The molecule has 168 valence electrons. The zero-order valence-electron chi connectivity index (χ0n) is 17.4. The second-order valence-electron chi connectivity index (χ2n) is 6.87. The molecule has 1 aliphatic rings. The number of hydrogen-bond acceptors (Lipinski definition) is 8. The van der Waals surface area contributed by atoms with Crippen molar-refractivity contribution in [3.63, 3.8) is 0 Å². The number of nitro benzene ring substituents is 1. The van der Waals surface area contributed by atoms with Gasteiger partial charge >= 0.3 is 5.97 Å². The van der Waals surface area contributed by atoms with Gasteiger partial charge in [0.1, 0.15) is 17.2 Å². The first-order valence-corrected chi connectivity index (χ1v) is 9.56. The van der Waals surface area contributed by atoms with Gasteiger partial charge < -0.3 is 24.4 Å². The summed E-state index contributed by atoms with van der Waals surface area (Å²) in [7, 11) is 2.86. The molecule has 0 bridgehead atoms. The zero-order chi connectivity index (χ0) is 23.3. The molecule has 2 aromatic rings. The maximum atomic E-state index is 12.4. The Morgan fingerprint density at radius 3 is 2.62 bits per heavy atom. The van der Waals surface area contributed by atoms with Crippen molar-refractivity contribution < 1.29 is 33.5 Å². The van der Waals surface area contributed by atoms with Gasteiger partial charge in [-0.15, -0.1) is 0 Å². The lowest BCUT2D eigenvalue weighted by molar-refractivity contribution is -0.383. The van der Waals surface area contributed by atoms with Crippen molar-refractivity contribution in [2.45, 2.75) is 6.42 Å². The highest BCUT2D eigenvalue weighted by Gasteiger charge is 2.37. The molecule has 11 heteroatoms. The van der Waals surface area contributed by atoms with Crippen LogP contribution < -0.4 is 19.7 Å². The van der Waals surface area contributed by atoms with Crippen LogP contribution in [0.4, 0.5) is 17.1 Å². The summed E-state index contributed by atoms with van der Waals surface area (Å²) in [5, 5.41) is 13.5. The Kier molecular flexibility index (Phi) is 6.88. The van der Waals surface area contributed by atoms with E-state index in [1.165, 1.54) is 37.3 Å². The van der Waals surface area contributed by atoms with Crippen LogP contribution in [-0.2, 0) is 19.1 Å². The predicted molar refractivity (Wildman–Crippen MR) is 113 cm³/mol. The normalized spacial score (nSPS) is 15.2. The molecule has 1 fully saturated rings. The fourth-order valence-electron chi connectivity index (χ4n) is 3.29. The van der Waals surface area contributed by atoms with Gasteiger partial charge in [-0.3, -0.25) is 24.5 Å². The van der Waals surface area contributed by atoms with Gasteiger partial charge in [-0.1, -0.05) is 12.1 Å². The number of nitrogens with zero attached hydrogens (tertiary/aromatic N) is 2. The fourth-order valence-corrected chi connectivity index (χ4v) is 3.29. The van der Waals surface area contributed by atoms with Crippen LogP contribution in [0.1, 0.15) is 6.42 Å². The number of hydrogen-bond donors (Lipinski definition) is 1. The van der Waals surface area contributed by atoms with Crippen LogP contribution in [0.25, 0.3) is 0 Å². The number of nitro groups is 1. The number of carbonyl (C=O) groups is 3. The van der Waals surface area contributed by atoms with E-state index in [1.807, 2.05) is 0 Å². The monoisotopic (exact) mass is 443 g/mol. The SMILES string of the molecule is COc1ccc([N+](=O)[O-])c(NC(=O)COC(=O)[C@@H]2CC(=O)N(c3ccccc3OC)C2)c1. The molecular formula is C21H21N3O8. The third kappa shape index (κ3) is 4.94. The van der Waals surface area contributed by atoms with Gasteiger partial charge in [0.25, 0.3) is 11.6 Å². The first-order valence-electron chi connectivity index (χ1n) is 9.56. The van der Waals surface area contributed by atoms with Gasteiger partial charge in [0, 0.05) is 25.1 Å². The van der Waals surface area contributed by atoms with E-state index in [0.717, 1.165) is 0 Å². The summed E-state index contributed by atoms with van der Waals surface area (Å²) in [5.41, 5.74) is 0.117. The molecule has 1 N–H and O–H groups in total. The number of nitrogens with one attached hydrogen (secondary N) is 1. The molecule has 0 unspecified atom stereocenters. The number of methoxy groups -OCH3 is 2. The Morgan fingerprint density at radius 1 is 1.19 bits per heavy atom. The summed E-state index contributed by atoms with van der Waals surface area (Å²) in [6.07, 6.45) is -0.0696. The van der Waals surface area contributed by atoms with Gasteiger partial charge in [-0.05, 0) is 18.2 Å². The number of ether oxygens (including phenoxy) is 3. The van der Waals surface area contributed by atoms with Crippen LogP contribution in [0.2, 0.25) is 0 Å². The molecule has 0 aromatic heterocycles. The minimum atomic E-state index is -0.763. The van der Waals surface area contributed by atoms with E-state index in [4.69, 9.17) is 14.2 Å². The molecule has 11 nitrogen and oxygen atoms in total. The third-order valence-corrected chi connectivity index (χ3v) is 4.85. The van der Waals surface area contributed by atoms with E-state index in [9.17, 15) is 24.5 Å². The first-order chi connectivity index (χ1) is 15.3. The van der Waals surface area contributed by atoms with E-state index >= 15 is 0 Å². The number of esters is 1. The van der Waals surface area contributed by atoms with Crippen LogP contribution in [0.3, 0.4) is 0 Å². The lowest BCUT2D eigenvalue weighted by atomic mass is 10.1. The number of carbonyl (C=O) groups excluding carboxylic acids is 3. The highest BCUT2D eigenvalue weighted by Crippen LogP contribution is 2.33. The lowest BCUT2D eigenvalue weighted by Gasteiger charge is -2.19. The number of anilines is 2. The van der Waals surface area contributed by atoms with Crippen LogP contribution in [0.5, 0.6) is 11.5 Å². The van der Waals surface area contributed by atoms with Crippen molar-refractivity contribution in [3.8, 4) is 11.5 Å². The Balaban J connectivity index is 1.60. The minimum absolute atomic E-state index is 0.0696. The predicted octanol–water partition coefficient (Wildman–Crippen LogP) is 2.15. The van der Waals surface area contributed by atoms with Gasteiger partial charge in [-0.2, -0.15) is 0 Å². The average Bonchev–Trinajstić information content (AvgIpc) is 3.18. The number of para-hydroxylation sites is 2. The smallest absolute Gasteiger partial charge is 0.311 e. The number of amides is 2.